The molecule has 5 N–H and O–H groups in total. The Morgan fingerprint density at radius 2 is 1.50 bits per heavy atom. The van der Waals surface area contributed by atoms with Crippen LogP contribution < -0.4 is 21.7 Å². The summed E-state index contributed by atoms with van der Waals surface area (Å²) in [5.74, 6) is -2.60. The minimum Gasteiger partial charge on any atom is -0.371 e. The van der Waals surface area contributed by atoms with Crippen LogP contribution in [-0.2, 0) is 28.7 Å². The maximum absolute atomic E-state index is 15.0. The number of Topliss-reactive ketones (excluding diaryl/α,β-unsaturated/α-hetero) is 1. The van der Waals surface area contributed by atoms with Gasteiger partial charge in [0.05, 0.1) is 18.2 Å². The molecule has 3 spiro atoms. The van der Waals surface area contributed by atoms with Crippen LogP contribution in [0.15, 0.2) is 0 Å². The van der Waals surface area contributed by atoms with Gasteiger partial charge in [0, 0.05) is 25.0 Å². The number of nitrogens with two attached hydrogens (primary N) is 1. The summed E-state index contributed by atoms with van der Waals surface area (Å²) >= 11 is 0. The lowest BCUT2D eigenvalue weighted by Crippen LogP contribution is -2.62. The average Bonchev–Trinajstić information content (AvgIpc) is 3.84. The van der Waals surface area contributed by atoms with Crippen LogP contribution in [0.25, 0.3) is 0 Å². The van der Waals surface area contributed by atoms with Crippen LogP contribution in [-0.4, -0.2) is 101 Å². The zero-order valence-corrected chi connectivity index (χ0v) is 33.2. The standard InChI is InChI=1S/C41H64N6O7/c1-37(2,3)31(45-36(53)44-29(26-13-7-6-8-14-26)34(51)46-19-20-54-39(23-46)17-18-39)35(52)47-24-41(38(4,5)40(41)15-10-16-40)22-28(47)33(50)43-27(30(48)32(42)49)21-25-11-9-12-25/h25-29,31H,6-24H2,1-5H3,(H2,42,49)(H,43,50)(H2,44,45,53)/t27?,28-,29-,31+,41+/m0/s1. The third kappa shape index (κ3) is 6.71. The van der Waals surface area contributed by atoms with E-state index >= 15 is 0 Å². The van der Waals surface area contributed by atoms with Crippen molar-refractivity contribution in [3.05, 3.63) is 0 Å². The number of primary amides is 1. The van der Waals surface area contributed by atoms with Gasteiger partial charge in [-0.2, -0.15) is 0 Å². The number of rotatable bonds is 11. The predicted octanol–water partition coefficient (Wildman–Crippen LogP) is 3.57. The normalized spacial score (nSPS) is 29.8. The van der Waals surface area contributed by atoms with E-state index in [-0.39, 0.29) is 45.5 Å². The maximum Gasteiger partial charge on any atom is 0.316 e. The fourth-order valence-corrected chi connectivity index (χ4v) is 11.4. The van der Waals surface area contributed by atoms with Crippen LogP contribution in [0.5, 0.6) is 0 Å². The molecule has 2 saturated heterocycles. The molecule has 2 heterocycles. The topological polar surface area (TPSA) is 180 Å². The van der Waals surface area contributed by atoms with E-state index in [0.717, 1.165) is 83.5 Å². The molecule has 5 atom stereocenters. The lowest BCUT2D eigenvalue weighted by atomic mass is 9.73. The van der Waals surface area contributed by atoms with E-state index in [1.807, 2.05) is 25.7 Å². The number of nitrogens with zero attached hydrogens (tertiary/aromatic N) is 2. The number of morpholine rings is 1. The quantitative estimate of drug-likeness (QED) is 0.233. The fraction of sp³-hybridized carbons (Fsp3) is 0.854. The molecule has 6 amide bonds. The van der Waals surface area contributed by atoms with E-state index in [0.29, 0.717) is 39.1 Å². The molecule has 300 valence electrons. The summed E-state index contributed by atoms with van der Waals surface area (Å²) in [5.41, 5.74) is 4.08. The molecule has 2 aliphatic heterocycles. The number of ketones is 1. The van der Waals surface area contributed by atoms with Crippen molar-refractivity contribution in [1.29, 1.82) is 0 Å². The van der Waals surface area contributed by atoms with Crippen molar-refractivity contribution in [3.8, 4) is 0 Å². The minimum absolute atomic E-state index is 0.00272. The van der Waals surface area contributed by atoms with Crippen molar-refractivity contribution < 1.29 is 33.5 Å². The molecular weight excluding hydrogens is 688 g/mol. The van der Waals surface area contributed by atoms with Gasteiger partial charge in [-0.15, -0.1) is 0 Å². The number of urea groups is 1. The third-order valence-electron chi connectivity index (χ3n) is 15.5. The number of nitrogens with one attached hydrogen (secondary N) is 3. The number of amides is 6. The molecule has 7 fully saturated rings. The smallest absolute Gasteiger partial charge is 0.316 e. The molecule has 0 radical (unpaired) electrons. The summed E-state index contributed by atoms with van der Waals surface area (Å²) in [6.45, 7) is 12.0. The highest BCUT2D eigenvalue weighted by atomic mass is 16.5. The summed E-state index contributed by atoms with van der Waals surface area (Å²) in [5, 5.41) is 8.93. The largest absolute Gasteiger partial charge is 0.371 e. The van der Waals surface area contributed by atoms with Crippen LogP contribution in [0, 0.1) is 33.5 Å². The zero-order valence-electron chi connectivity index (χ0n) is 33.2. The molecule has 5 aliphatic carbocycles. The van der Waals surface area contributed by atoms with Crippen LogP contribution in [0.3, 0.4) is 0 Å². The van der Waals surface area contributed by atoms with Crippen molar-refractivity contribution in [2.24, 2.45) is 39.2 Å². The van der Waals surface area contributed by atoms with Crippen molar-refractivity contribution in [1.82, 2.24) is 25.8 Å². The second-order valence-corrected chi connectivity index (χ2v) is 19.7. The van der Waals surface area contributed by atoms with Crippen molar-refractivity contribution in [2.45, 2.75) is 161 Å². The van der Waals surface area contributed by atoms with Crippen LogP contribution in [0.2, 0.25) is 0 Å². The number of ether oxygens (including phenoxy) is 1. The summed E-state index contributed by atoms with van der Waals surface area (Å²) in [7, 11) is 0. The maximum atomic E-state index is 15.0. The van der Waals surface area contributed by atoms with Gasteiger partial charge in [-0.05, 0) is 79.4 Å². The molecule has 0 aromatic rings. The van der Waals surface area contributed by atoms with Gasteiger partial charge in [0.2, 0.25) is 23.5 Å². The molecule has 54 heavy (non-hydrogen) atoms. The number of fused-ring (bicyclic) bond motifs is 1. The molecule has 1 unspecified atom stereocenters. The monoisotopic (exact) mass is 752 g/mol. The number of likely N-dealkylation sites (tertiary alicyclic amines) is 1. The van der Waals surface area contributed by atoms with Gasteiger partial charge in [-0.25, -0.2) is 4.79 Å². The number of carbonyl (C=O) groups is 6. The minimum atomic E-state index is -1.08. The summed E-state index contributed by atoms with van der Waals surface area (Å²) in [6, 6.07) is -4.24. The van der Waals surface area contributed by atoms with Crippen LogP contribution in [0.4, 0.5) is 4.79 Å². The molecule has 0 aromatic carbocycles. The molecule has 13 nitrogen and oxygen atoms in total. The average molecular weight is 753 g/mol. The first-order valence-electron chi connectivity index (χ1n) is 20.9. The van der Waals surface area contributed by atoms with E-state index in [1.54, 1.807) is 4.90 Å². The number of carbonyl (C=O) groups excluding carboxylic acids is 6. The Morgan fingerprint density at radius 1 is 0.815 bits per heavy atom. The first-order chi connectivity index (χ1) is 25.4. The van der Waals surface area contributed by atoms with Gasteiger partial charge in [0.15, 0.2) is 0 Å². The second-order valence-electron chi connectivity index (χ2n) is 19.7. The highest BCUT2D eigenvalue weighted by Gasteiger charge is 2.85. The Hall–Kier alpha value is -3.22. The van der Waals surface area contributed by atoms with E-state index in [4.69, 9.17) is 10.5 Å². The summed E-state index contributed by atoms with van der Waals surface area (Å²) < 4.78 is 5.98. The van der Waals surface area contributed by atoms with Gasteiger partial charge in [0.1, 0.15) is 18.1 Å². The van der Waals surface area contributed by atoms with Gasteiger partial charge in [0.25, 0.3) is 5.91 Å². The van der Waals surface area contributed by atoms with Gasteiger partial charge in [-0.1, -0.05) is 79.6 Å². The lowest BCUT2D eigenvalue weighted by molar-refractivity contribution is -0.144. The van der Waals surface area contributed by atoms with Crippen molar-refractivity contribution >= 4 is 35.4 Å². The van der Waals surface area contributed by atoms with E-state index < -0.39 is 53.2 Å². The highest BCUT2D eigenvalue weighted by Crippen LogP contribution is 2.88. The molecule has 7 rings (SSSR count). The Kier molecular flexibility index (Phi) is 10.2. The van der Waals surface area contributed by atoms with E-state index in [9.17, 15) is 28.8 Å². The highest BCUT2D eigenvalue weighted by molar-refractivity contribution is 6.37. The number of hydrogen-bond donors (Lipinski definition) is 4. The van der Waals surface area contributed by atoms with Crippen molar-refractivity contribution in [2.75, 3.05) is 26.2 Å². The SMILES string of the molecule is CC(C)(C)[C@H](NC(=O)N[C@H](C(=O)N1CCOC2(CC2)C1)C1CCCCC1)C(=O)N1C[C@]2(C[C@H]1C(=O)NC(CC1CCC1)C(=O)C(N)=O)C(C)(C)C21CCC1. The van der Waals surface area contributed by atoms with Crippen molar-refractivity contribution in [3.63, 3.8) is 0 Å². The Morgan fingerprint density at radius 3 is 2.04 bits per heavy atom. The second kappa shape index (κ2) is 14.1. The zero-order chi connectivity index (χ0) is 38.8. The van der Waals surface area contributed by atoms with Gasteiger partial charge >= 0.3 is 6.03 Å². The first kappa shape index (κ1) is 39.0. The summed E-state index contributed by atoms with van der Waals surface area (Å²) in [6.07, 6.45) is 13.5. The molecule has 7 aliphatic rings. The Balaban J connectivity index is 1.12. The Labute approximate surface area is 320 Å². The van der Waals surface area contributed by atoms with Crippen LogP contribution >= 0.6 is 0 Å². The summed E-state index contributed by atoms with van der Waals surface area (Å²) in [4.78, 5) is 86.1. The molecule has 0 aromatic heterocycles. The van der Waals surface area contributed by atoms with E-state index in [1.165, 1.54) is 0 Å². The van der Waals surface area contributed by atoms with Crippen LogP contribution in [0.1, 0.15) is 131 Å². The lowest BCUT2D eigenvalue weighted by Gasteiger charge is -2.39. The first-order valence-corrected chi connectivity index (χ1v) is 20.9. The third-order valence-corrected chi connectivity index (χ3v) is 15.5. The van der Waals surface area contributed by atoms with Gasteiger partial charge < -0.3 is 36.2 Å². The Bertz CT molecular complexity index is 1540. The molecular formula is C41H64N6O7. The molecule has 0 bridgehead atoms. The predicted molar refractivity (Wildman–Crippen MR) is 200 cm³/mol. The molecule has 13 heteroatoms. The fourth-order valence-electron chi connectivity index (χ4n) is 11.4. The number of hydrogen-bond acceptors (Lipinski definition) is 7. The molecule has 5 saturated carbocycles. The van der Waals surface area contributed by atoms with Gasteiger partial charge in [-0.3, -0.25) is 24.0 Å². The van der Waals surface area contributed by atoms with E-state index in [2.05, 4.69) is 29.8 Å².